The standard InChI is InChI=1S/C22H23ClN2O3S/c23-19-10-4-2-8-17(19)14-25-15-21(18-9-3-5-11-20(18)25)29(27,28)16-22(26)24-12-6-1-7-13-24/h2-5,8-11,15H,1,6-7,12-14,16H2. The van der Waals surface area contributed by atoms with Gasteiger partial charge in [-0.25, -0.2) is 8.42 Å². The summed E-state index contributed by atoms with van der Waals surface area (Å²) in [4.78, 5) is 14.5. The Morgan fingerprint density at radius 2 is 1.66 bits per heavy atom. The molecule has 0 N–H and O–H groups in total. The number of aromatic nitrogens is 1. The van der Waals surface area contributed by atoms with Crippen LogP contribution in [0.25, 0.3) is 10.9 Å². The third-order valence-electron chi connectivity index (χ3n) is 5.41. The first-order valence-electron chi connectivity index (χ1n) is 9.77. The molecule has 4 rings (SSSR count). The summed E-state index contributed by atoms with van der Waals surface area (Å²) in [5.74, 6) is -0.805. The molecule has 1 aliphatic heterocycles. The smallest absolute Gasteiger partial charge is 0.238 e. The molecule has 2 aromatic carbocycles. The Bertz CT molecular complexity index is 1150. The number of piperidine rings is 1. The SMILES string of the molecule is O=C(CS(=O)(=O)c1cn(Cc2ccccc2Cl)c2ccccc12)N1CCCCC1. The zero-order chi connectivity index (χ0) is 20.4. The third-order valence-corrected chi connectivity index (χ3v) is 7.40. The number of hydrogen-bond acceptors (Lipinski definition) is 3. The fourth-order valence-corrected chi connectivity index (χ4v) is 5.53. The predicted octanol–water partition coefficient (Wildman–Crippen LogP) is 4.13. The van der Waals surface area contributed by atoms with Gasteiger partial charge in [0.2, 0.25) is 5.91 Å². The van der Waals surface area contributed by atoms with Crippen LogP contribution in [0.1, 0.15) is 24.8 Å². The summed E-state index contributed by atoms with van der Waals surface area (Å²) in [5, 5.41) is 1.26. The average molecular weight is 431 g/mol. The van der Waals surface area contributed by atoms with Crippen molar-refractivity contribution in [2.75, 3.05) is 18.8 Å². The number of hydrogen-bond donors (Lipinski definition) is 0. The van der Waals surface area contributed by atoms with Gasteiger partial charge < -0.3 is 9.47 Å². The maximum absolute atomic E-state index is 13.1. The highest BCUT2D eigenvalue weighted by molar-refractivity contribution is 7.92. The van der Waals surface area contributed by atoms with E-state index < -0.39 is 15.6 Å². The van der Waals surface area contributed by atoms with Crippen LogP contribution >= 0.6 is 11.6 Å². The average Bonchev–Trinajstić information content (AvgIpc) is 3.10. The van der Waals surface area contributed by atoms with Gasteiger partial charge in [0.15, 0.2) is 9.84 Å². The molecule has 1 amide bonds. The summed E-state index contributed by atoms with van der Waals surface area (Å²) in [6, 6.07) is 14.9. The molecule has 152 valence electrons. The molecule has 1 aliphatic rings. The van der Waals surface area contributed by atoms with Crippen LogP contribution < -0.4 is 0 Å². The minimum Gasteiger partial charge on any atom is -0.342 e. The lowest BCUT2D eigenvalue weighted by Crippen LogP contribution is -2.39. The number of carbonyl (C=O) groups is 1. The maximum atomic E-state index is 13.1. The third kappa shape index (κ3) is 4.19. The van der Waals surface area contributed by atoms with Crippen molar-refractivity contribution in [2.24, 2.45) is 0 Å². The second kappa shape index (κ2) is 8.20. The molecule has 7 heteroatoms. The summed E-state index contributed by atoms with van der Waals surface area (Å²) in [7, 11) is -3.76. The van der Waals surface area contributed by atoms with Gasteiger partial charge in [-0.05, 0) is 37.0 Å². The molecule has 1 fully saturated rings. The Kier molecular flexibility index (Phi) is 5.65. The first kappa shape index (κ1) is 20.0. The first-order chi connectivity index (χ1) is 14.0. The molecule has 5 nitrogen and oxygen atoms in total. The number of rotatable bonds is 5. The fraction of sp³-hybridized carbons (Fsp3) is 0.318. The van der Waals surface area contributed by atoms with Crippen LogP contribution in [0, 0.1) is 0 Å². The van der Waals surface area contributed by atoms with Gasteiger partial charge in [-0.2, -0.15) is 0 Å². The van der Waals surface area contributed by atoms with Gasteiger partial charge in [-0.15, -0.1) is 0 Å². The number of benzene rings is 2. The van der Waals surface area contributed by atoms with Crippen LogP contribution in [0.3, 0.4) is 0 Å². The maximum Gasteiger partial charge on any atom is 0.238 e. The van der Waals surface area contributed by atoms with Crippen molar-refractivity contribution >= 4 is 38.2 Å². The Morgan fingerprint density at radius 3 is 2.41 bits per heavy atom. The van der Waals surface area contributed by atoms with Crippen molar-refractivity contribution in [1.82, 2.24) is 9.47 Å². The number of amides is 1. The van der Waals surface area contributed by atoms with E-state index in [1.165, 1.54) is 0 Å². The number of carbonyl (C=O) groups excluding carboxylic acids is 1. The Hall–Kier alpha value is -2.31. The van der Waals surface area contributed by atoms with Gasteiger partial charge in [0.05, 0.1) is 4.90 Å². The molecule has 0 spiro atoms. The van der Waals surface area contributed by atoms with Crippen molar-refractivity contribution in [3.63, 3.8) is 0 Å². The molecule has 29 heavy (non-hydrogen) atoms. The Morgan fingerprint density at radius 1 is 0.966 bits per heavy atom. The Balaban J connectivity index is 1.68. The monoisotopic (exact) mass is 430 g/mol. The van der Waals surface area contributed by atoms with Gasteiger partial charge in [0, 0.05) is 41.8 Å². The molecule has 3 aromatic rings. The second-order valence-electron chi connectivity index (χ2n) is 7.43. The molecular formula is C22H23ClN2O3S. The van der Waals surface area contributed by atoms with E-state index in [1.807, 2.05) is 47.0 Å². The zero-order valence-electron chi connectivity index (χ0n) is 16.1. The van der Waals surface area contributed by atoms with Crippen LogP contribution in [0.2, 0.25) is 5.02 Å². The molecule has 0 unspecified atom stereocenters. The van der Waals surface area contributed by atoms with E-state index in [4.69, 9.17) is 11.6 Å². The van der Waals surface area contributed by atoms with Gasteiger partial charge in [-0.1, -0.05) is 48.0 Å². The Labute approximate surface area is 175 Å². The quantitative estimate of drug-likeness (QED) is 0.611. The van der Waals surface area contributed by atoms with Gasteiger partial charge >= 0.3 is 0 Å². The summed E-state index contributed by atoms with van der Waals surface area (Å²) in [6.45, 7) is 1.74. The largest absolute Gasteiger partial charge is 0.342 e. The molecular weight excluding hydrogens is 408 g/mol. The van der Waals surface area contributed by atoms with Crippen molar-refractivity contribution in [2.45, 2.75) is 30.7 Å². The molecule has 0 radical (unpaired) electrons. The molecule has 0 aliphatic carbocycles. The van der Waals surface area contributed by atoms with Crippen LogP contribution in [0.5, 0.6) is 0 Å². The lowest BCUT2D eigenvalue weighted by atomic mass is 10.1. The van der Waals surface area contributed by atoms with Gasteiger partial charge in [-0.3, -0.25) is 4.79 Å². The molecule has 0 saturated carbocycles. The zero-order valence-corrected chi connectivity index (χ0v) is 17.6. The van der Waals surface area contributed by atoms with E-state index in [-0.39, 0.29) is 10.8 Å². The van der Waals surface area contributed by atoms with Gasteiger partial charge in [0.25, 0.3) is 0 Å². The topological polar surface area (TPSA) is 59.4 Å². The fourth-order valence-electron chi connectivity index (χ4n) is 3.88. The van der Waals surface area contributed by atoms with E-state index in [2.05, 4.69) is 0 Å². The molecule has 0 atom stereocenters. The highest BCUT2D eigenvalue weighted by atomic mass is 35.5. The lowest BCUT2D eigenvalue weighted by molar-refractivity contribution is -0.129. The highest BCUT2D eigenvalue weighted by Crippen LogP contribution is 2.28. The molecule has 1 saturated heterocycles. The predicted molar refractivity (Wildman–Crippen MR) is 115 cm³/mol. The van der Waals surface area contributed by atoms with E-state index in [1.54, 1.807) is 17.2 Å². The molecule has 1 aromatic heterocycles. The van der Waals surface area contributed by atoms with Crippen molar-refractivity contribution in [3.8, 4) is 0 Å². The van der Waals surface area contributed by atoms with Crippen LogP contribution in [0.15, 0.2) is 59.6 Å². The van der Waals surface area contributed by atoms with E-state index in [0.29, 0.717) is 30.0 Å². The molecule has 0 bridgehead atoms. The van der Waals surface area contributed by atoms with Crippen molar-refractivity contribution in [3.05, 3.63) is 65.3 Å². The number of likely N-dealkylation sites (tertiary alicyclic amines) is 1. The summed E-state index contributed by atoms with van der Waals surface area (Å²) in [5.41, 5.74) is 1.71. The second-order valence-corrected chi connectivity index (χ2v) is 9.80. The summed E-state index contributed by atoms with van der Waals surface area (Å²) >= 11 is 6.30. The van der Waals surface area contributed by atoms with E-state index >= 15 is 0 Å². The van der Waals surface area contributed by atoms with Crippen LogP contribution in [-0.2, 0) is 21.2 Å². The van der Waals surface area contributed by atoms with Crippen LogP contribution in [-0.4, -0.2) is 42.6 Å². The summed E-state index contributed by atoms with van der Waals surface area (Å²) in [6.07, 6.45) is 4.59. The van der Waals surface area contributed by atoms with E-state index in [9.17, 15) is 13.2 Å². The summed E-state index contributed by atoms with van der Waals surface area (Å²) < 4.78 is 28.2. The number of sulfone groups is 1. The highest BCUT2D eigenvalue weighted by Gasteiger charge is 2.27. The van der Waals surface area contributed by atoms with Crippen LogP contribution in [0.4, 0.5) is 0 Å². The van der Waals surface area contributed by atoms with Gasteiger partial charge in [0.1, 0.15) is 5.75 Å². The number of nitrogens with zero attached hydrogens (tertiary/aromatic N) is 2. The lowest BCUT2D eigenvalue weighted by Gasteiger charge is -2.26. The minimum atomic E-state index is -3.76. The first-order valence-corrected chi connectivity index (χ1v) is 11.8. The number of halogens is 1. The van der Waals surface area contributed by atoms with Crippen molar-refractivity contribution in [1.29, 1.82) is 0 Å². The van der Waals surface area contributed by atoms with E-state index in [0.717, 1.165) is 30.3 Å². The normalized spacial score (nSPS) is 15.0. The minimum absolute atomic E-state index is 0.200. The molecule has 2 heterocycles. The number of fused-ring (bicyclic) bond motifs is 1. The number of para-hydroxylation sites is 1. The van der Waals surface area contributed by atoms with Crippen molar-refractivity contribution < 1.29 is 13.2 Å².